The van der Waals surface area contributed by atoms with Crippen molar-refractivity contribution in [2.75, 3.05) is 19.6 Å². The van der Waals surface area contributed by atoms with E-state index in [1.165, 1.54) is 12.1 Å². The maximum Gasteiger partial charge on any atom is 0.251 e. The Hall–Kier alpha value is -2.23. The van der Waals surface area contributed by atoms with Gasteiger partial charge in [-0.3, -0.25) is 4.79 Å². The number of hydrogen-bond donors (Lipinski definition) is 4. The Balaban J connectivity index is 1.57. The number of nitrogens with one attached hydrogen (secondary N) is 4. The fourth-order valence-electron chi connectivity index (χ4n) is 2.83. The summed E-state index contributed by atoms with van der Waals surface area (Å²) in [4.78, 5) is 19.5. The van der Waals surface area contributed by atoms with E-state index in [9.17, 15) is 13.2 Å². The molecule has 2 aromatic rings. The molecule has 26 heavy (non-hydrogen) atoms. The largest absolute Gasteiger partial charge is 0.349 e. The van der Waals surface area contributed by atoms with E-state index in [0.717, 1.165) is 25.3 Å². The highest BCUT2D eigenvalue weighted by Gasteiger charge is 2.19. The first kappa shape index (κ1) is 18.6. The third-order valence-corrected chi connectivity index (χ3v) is 5.70. The Morgan fingerprint density at radius 1 is 1.35 bits per heavy atom. The van der Waals surface area contributed by atoms with E-state index in [1.807, 2.05) is 0 Å². The first-order valence-electron chi connectivity index (χ1n) is 8.64. The number of hydrogen-bond acceptors (Lipinski definition) is 5. The standard InChI is InChI=1S/C17H23N5O3S/c23-17(22-14-6-8-18-12-14)13-3-1-4-15(11-13)26(24,25)21-7-2-5-16-19-9-10-20-16/h1,3-4,9-11,14,18,21H,2,5-8,12H2,(H,19,20)(H,22,23)/t14-/m0/s1. The number of aromatic nitrogens is 2. The minimum atomic E-state index is -3.66. The Labute approximate surface area is 152 Å². The van der Waals surface area contributed by atoms with Crippen molar-refractivity contribution in [3.05, 3.63) is 48.0 Å². The number of sulfonamides is 1. The van der Waals surface area contributed by atoms with Crippen molar-refractivity contribution >= 4 is 15.9 Å². The second kappa shape index (κ2) is 8.43. The number of carbonyl (C=O) groups is 1. The third-order valence-electron chi connectivity index (χ3n) is 4.24. The van der Waals surface area contributed by atoms with Gasteiger partial charge in [0, 0.05) is 43.5 Å². The first-order valence-corrected chi connectivity index (χ1v) is 10.1. The molecule has 140 valence electrons. The molecular formula is C17H23N5O3S. The van der Waals surface area contributed by atoms with Crippen molar-refractivity contribution in [2.45, 2.75) is 30.2 Å². The molecule has 1 fully saturated rings. The lowest BCUT2D eigenvalue weighted by atomic mass is 10.2. The van der Waals surface area contributed by atoms with Crippen molar-refractivity contribution in [3.63, 3.8) is 0 Å². The number of aromatic amines is 1. The van der Waals surface area contributed by atoms with Crippen LogP contribution in [0, 0.1) is 0 Å². The van der Waals surface area contributed by atoms with Crippen LogP contribution in [0.25, 0.3) is 0 Å². The van der Waals surface area contributed by atoms with Gasteiger partial charge in [-0.25, -0.2) is 18.1 Å². The lowest BCUT2D eigenvalue weighted by Crippen LogP contribution is -2.36. The van der Waals surface area contributed by atoms with Crippen LogP contribution in [0.15, 0.2) is 41.6 Å². The molecule has 0 bridgehead atoms. The van der Waals surface area contributed by atoms with Gasteiger partial charge in [-0.05, 0) is 37.6 Å². The van der Waals surface area contributed by atoms with Crippen LogP contribution in [0.3, 0.4) is 0 Å². The lowest BCUT2D eigenvalue weighted by molar-refractivity contribution is 0.0940. The smallest absolute Gasteiger partial charge is 0.251 e. The summed E-state index contributed by atoms with van der Waals surface area (Å²) >= 11 is 0. The fourth-order valence-corrected chi connectivity index (χ4v) is 3.95. The van der Waals surface area contributed by atoms with Crippen molar-refractivity contribution in [2.24, 2.45) is 0 Å². The molecule has 0 radical (unpaired) electrons. The van der Waals surface area contributed by atoms with Crippen LogP contribution in [-0.4, -0.2) is 50.0 Å². The Bertz CT molecular complexity index is 830. The maximum atomic E-state index is 12.4. The van der Waals surface area contributed by atoms with Crippen LogP contribution < -0.4 is 15.4 Å². The molecular weight excluding hydrogens is 354 g/mol. The SMILES string of the molecule is O=C(N[C@H]1CCNC1)c1cccc(S(=O)(=O)NCCCc2ncc[nH]2)c1. The average Bonchev–Trinajstić information content (AvgIpc) is 3.33. The number of rotatable bonds is 8. The normalized spacial score (nSPS) is 17.3. The highest BCUT2D eigenvalue weighted by Crippen LogP contribution is 2.12. The number of H-pyrrole nitrogens is 1. The molecule has 4 N–H and O–H groups in total. The summed E-state index contributed by atoms with van der Waals surface area (Å²) in [5, 5.41) is 6.09. The second-order valence-corrected chi connectivity index (χ2v) is 8.00. The second-order valence-electron chi connectivity index (χ2n) is 6.23. The van der Waals surface area contributed by atoms with E-state index in [4.69, 9.17) is 0 Å². The molecule has 9 heteroatoms. The molecule has 1 saturated heterocycles. The van der Waals surface area contributed by atoms with Crippen LogP contribution in [-0.2, 0) is 16.4 Å². The van der Waals surface area contributed by atoms with Gasteiger partial charge in [-0.2, -0.15) is 0 Å². The zero-order chi connectivity index (χ0) is 18.4. The van der Waals surface area contributed by atoms with Gasteiger partial charge >= 0.3 is 0 Å². The van der Waals surface area contributed by atoms with Gasteiger partial charge in [-0.15, -0.1) is 0 Å². The summed E-state index contributed by atoms with van der Waals surface area (Å²) in [6.07, 6.45) is 5.56. The van der Waals surface area contributed by atoms with Crippen LogP contribution in [0.2, 0.25) is 0 Å². The number of nitrogens with zero attached hydrogens (tertiary/aromatic N) is 1. The summed E-state index contributed by atoms with van der Waals surface area (Å²) < 4.78 is 27.4. The number of benzene rings is 1. The van der Waals surface area contributed by atoms with Gasteiger partial charge in [0.05, 0.1) is 4.90 Å². The minimum absolute atomic E-state index is 0.0856. The number of imidazole rings is 1. The van der Waals surface area contributed by atoms with E-state index in [1.54, 1.807) is 24.5 Å². The van der Waals surface area contributed by atoms with Crippen molar-refractivity contribution < 1.29 is 13.2 Å². The summed E-state index contributed by atoms with van der Waals surface area (Å²) in [6.45, 7) is 1.91. The molecule has 1 aliphatic heterocycles. The monoisotopic (exact) mass is 377 g/mol. The van der Waals surface area contributed by atoms with Gasteiger partial charge in [0.1, 0.15) is 5.82 Å². The number of amides is 1. The van der Waals surface area contributed by atoms with Crippen molar-refractivity contribution in [3.8, 4) is 0 Å². The topological polar surface area (TPSA) is 116 Å². The molecule has 1 aromatic heterocycles. The summed E-state index contributed by atoms with van der Waals surface area (Å²) in [5.74, 6) is 0.567. The van der Waals surface area contributed by atoms with Gasteiger partial charge in [-0.1, -0.05) is 6.07 Å². The van der Waals surface area contributed by atoms with Crippen LogP contribution >= 0.6 is 0 Å². The predicted molar refractivity (Wildman–Crippen MR) is 97.3 cm³/mol. The highest BCUT2D eigenvalue weighted by atomic mass is 32.2. The Morgan fingerprint density at radius 3 is 2.96 bits per heavy atom. The summed E-state index contributed by atoms with van der Waals surface area (Å²) in [5.41, 5.74) is 0.343. The van der Waals surface area contributed by atoms with E-state index < -0.39 is 10.0 Å². The molecule has 0 spiro atoms. The van der Waals surface area contributed by atoms with Crippen LogP contribution in [0.4, 0.5) is 0 Å². The zero-order valence-corrected chi connectivity index (χ0v) is 15.2. The maximum absolute atomic E-state index is 12.4. The van der Waals surface area contributed by atoms with Gasteiger partial charge < -0.3 is 15.6 Å². The zero-order valence-electron chi connectivity index (χ0n) is 14.4. The molecule has 0 unspecified atom stereocenters. The lowest BCUT2D eigenvalue weighted by Gasteiger charge is -2.12. The predicted octanol–water partition coefficient (Wildman–Crippen LogP) is 0.413. The molecule has 1 amide bonds. The quantitative estimate of drug-likeness (QED) is 0.498. The molecule has 0 saturated carbocycles. The van der Waals surface area contributed by atoms with Crippen molar-refractivity contribution in [1.29, 1.82) is 0 Å². The summed E-state index contributed by atoms with van der Waals surface area (Å²) in [6, 6.07) is 6.19. The van der Waals surface area contributed by atoms with Crippen LogP contribution in [0.1, 0.15) is 29.0 Å². The number of carbonyl (C=O) groups excluding carboxylic acids is 1. The van der Waals surface area contributed by atoms with E-state index in [2.05, 4.69) is 25.3 Å². The van der Waals surface area contributed by atoms with Gasteiger partial charge in [0.15, 0.2) is 0 Å². The molecule has 1 atom stereocenters. The number of aryl methyl sites for hydroxylation is 1. The highest BCUT2D eigenvalue weighted by molar-refractivity contribution is 7.89. The summed E-state index contributed by atoms with van der Waals surface area (Å²) in [7, 11) is -3.66. The van der Waals surface area contributed by atoms with E-state index in [-0.39, 0.29) is 16.8 Å². The van der Waals surface area contributed by atoms with E-state index >= 15 is 0 Å². The molecule has 1 aliphatic rings. The first-order chi connectivity index (χ1) is 12.5. The van der Waals surface area contributed by atoms with Crippen molar-refractivity contribution in [1.82, 2.24) is 25.3 Å². The Morgan fingerprint density at radius 2 is 2.23 bits per heavy atom. The molecule has 0 aliphatic carbocycles. The molecule has 3 rings (SSSR count). The molecule has 2 heterocycles. The van der Waals surface area contributed by atoms with E-state index in [0.29, 0.717) is 24.9 Å². The van der Waals surface area contributed by atoms with Gasteiger partial charge in [0.25, 0.3) is 5.91 Å². The molecule has 1 aromatic carbocycles. The fraction of sp³-hybridized carbons (Fsp3) is 0.412. The average molecular weight is 377 g/mol. The third kappa shape index (κ3) is 4.90. The Kier molecular flexibility index (Phi) is 6.02. The minimum Gasteiger partial charge on any atom is -0.349 e. The van der Waals surface area contributed by atoms with Crippen LogP contribution in [0.5, 0.6) is 0 Å². The van der Waals surface area contributed by atoms with Gasteiger partial charge in [0.2, 0.25) is 10.0 Å². The molecule has 8 nitrogen and oxygen atoms in total.